The largest absolute Gasteiger partial charge is 0.307 e. The van der Waals surface area contributed by atoms with Crippen LogP contribution in [0.25, 0.3) is 0 Å². The van der Waals surface area contributed by atoms with Gasteiger partial charge in [0.1, 0.15) is 5.82 Å². The van der Waals surface area contributed by atoms with Gasteiger partial charge in [-0.25, -0.2) is 12.8 Å². The molecule has 0 bridgehead atoms. The lowest BCUT2D eigenvalue weighted by Gasteiger charge is -2.35. The molecule has 3 rings (SSSR count). The number of sulfone groups is 1. The van der Waals surface area contributed by atoms with E-state index in [9.17, 15) is 12.8 Å². The SMILES string of the molecule is O=S1(=O)CC(NCc2c(F)cccc2Cl)C(N2CCCCC2)C1. The normalized spacial score (nSPS) is 28.1. The van der Waals surface area contributed by atoms with Gasteiger partial charge in [0.15, 0.2) is 9.84 Å². The van der Waals surface area contributed by atoms with Crippen molar-refractivity contribution in [3.05, 3.63) is 34.6 Å². The van der Waals surface area contributed by atoms with Gasteiger partial charge in [0.2, 0.25) is 0 Å². The molecule has 4 nitrogen and oxygen atoms in total. The molecule has 0 saturated carbocycles. The van der Waals surface area contributed by atoms with Crippen LogP contribution in [0.15, 0.2) is 18.2 Å². The molecule has 7 heteroatoms. The fraction of sp³-hybridized carbons (Fsp3) is 0.625. The zero-order valence-electron chi connectivity index (χ0n) is 13.0. The molecule has 1 aromatic rings. The van der Waals surface area contributed by atoms with Crippen molar-refractivity contribution >= 4 is 21.4 Å². The first kappa shape index (κ1) is 17.1. The average molecular weight is 361 g/mol. The summed E-state index contributed by atoms with van der Waals surface area (Å²) in [7, 11) is -3.05. The van der Waals surface area contributed by atoms with E-state index < -0.39 is 9.84 Å². The van der Waals surface area contributed by atoms with E-state index >= 15 is 0 Å². The van der Waals surface area contributed by atoms with E-state index in [0.717, 1.165) is 25.9 Å². The highest BCUT2D eigenvalue weighted by atomic mass is 35.5. The van der Waals surface area contributed by atoms with E-state index in [-0.39, 0.29) is 36.0 Å². The van der Waals surface area contributed by atoms with E-state index in [0.29, 0.717) is 10.6 Å². The minimum atomic E-state index is -3.05. The van der Waals surface area contributed by atoms with Gasteiger partial charge in [0.25, 0.3) is 0 Å². The third kappa shape index (κ3) is 4.05. The quantitative estimate of drug-likeness (QED) is 0.894. The lowest BCUT2D eigenvalue weighted by Crippen LogP contribution is -2.50. The lowest BCUT2D eigenvalue weighted by molar-refractivity contribution is 0.154. The van der Waals surface area contributed by atoms with Crippen LogP contribution in [0.1, 0.15) is 24.8 Å². The lowest BCUT2D eigenvalue weighted by atomic mass is 10.0. The van der Waals surface area contributed by atoms with Gasteiger partial charge in [-0.15, -0.1) is 0 Å². The first-order valence-electron chi connectivity index (χ1n) is 8.07. The third-order valence-electron chi connectivity index (χ3n) is 4.79. The molecule has 2 heterocycles. The van der Waals surface area contributed by atoms with Crippen molar-refractivity contribution in [1.29, 1.82) is 0 Å². The molecule has 23 heavy (non-hydrogen) atoms. The number of likely N-dealkylation sites (tertiary alicyclic amines) is 1. The minimum absolute atomic E-state index is 0.0224. The maximum Gasteiger partial charge on any atom is 0.153 e. The Morgan fingerprint density at radius 2 is 1.96 bits per heavy atom. The smallest absolute Gasteiger partial charge is 0.153 e. The van der Waals surface area contributed by atoms with Crippen LogP contribution in [-0.4, -0.2) is 50.0 Å². The molecule has 0 spiro atoms. The maximum absolute atomic E-state index is 13.9. The first-order chi connectivity index (χ1) is 11.0. The Labute approximate surface area is 141 Å². The predicted octanol–water partition coefficient (Wildman–Crippen LogP) is 2.22. The number of hydrogen-bond donors (Lipinski definition) is 1. The Morgan fingerprint density at radius 1 is 1.22 bits per heavy atom. The summed E-state index contributed by atoms with van der Waals surface area (Å²) in [4.78, 5) is 2.27. The summed E-state index contributed by atoms with van der Waals surface area (Å²) in [5.74, 6) is -0.0593. The molecule has 0 aromatic heterocycles. The van der Waals surface area contributed by atoms with Gasteiger partial charge in [0, 0.05) is 29.2 Å². The summed E-state index contributed by atoms with van der Waals surface area (Å²) >= 11 is 6.05. The van der Waals surface area contributed by atoms with Crippen LogP contribution in [0.5, 0.6) is 0 Å². The molecule has 2 aliphatic rings. The minimum Gasteiger partial charge on any atom is -0.307 e. The Hall–Kier alpha value is -0.690. The average Bonchev–Trinajstić information content (AvgIpc) is 2.83. The molecule has 0 radical (unpaired) electrons. The summed E-state index contributed by atoms with van der Waals surface area (Å²) in [5, 5.41) is 3.61. The second-order valence-corrected chi connectivity index (χ2v) is 8.99. The van der Waals surface area contributed by atoms with Crippen LogP contribution in [0.2, 0.25) is 5.02 Å². The Morgan fingerprint density at radius 3 is 2.65 bits per heavy atom. The summed E-state index contributed by atoms with van der Waals surface area (Å²) < 4.78 is 38.0. The first-order valence-corrected chi connectivity index (χ1v) is 10.3. The third-order valence-corrected chi connectivity index (χ3v) is 6.86. The molecule has 2 atom stereocenters. The van der Waals surface area contributed by atoms with Crippen molar-refractivity contribution < 1.29 is 12.8 Å². The zero-order valence-corrected chi connectivity index (χ0v) is 14.5. The standard InChI is InChI=1S/C16H22ClFN2O2S/c17-13-5-4-6-14(18)12(13)9-19-15-10-23(21,22)11-16(15)20-7-2-1-3-8-20/h4-6,15-16,19H,1-3,7-11H2. The number of benzene rings is 1. The van der Waals surface area contributed by atoms with Crippen LogP contribution < -0.4 is 5.32 Å². The van der Waals surface area contributed by atoms with Crippen LogP contribution in [-0.2, 0) is 16.4 Å². The molecule has 0 amide bonds. The van der Waals surface area contributed by atoms with Crippen molar-refractivity contribution in [2.75, 3.05) is 24.6 Å². The topological polar surface area (TPSA) is 49.4 Å². The molecule has 0 aliphatic carbocycles. The van der Waals surface area contributed by atoms with Gasteiger partial charge in [-0.1, -0.05) is 24.1 Å². The summed E-state index contributed by atoms with van der Waals surface area (Å²) in [6.07, 6.45) is 3.43. The summed E-state index contributed by atoms with van der Waals surface area (Å²) in [6.45, 7) is 2.13. The number of nitrogens with one attached hydrogen (secondary N) is 1. The molecule has 1 N–H and O–H groups in total. The molecule has 2 unspecified atom stereocenters. The van der Waals surface area contributed by atoms with E-state index in [4.69, 9.17) is 11.6 Å². The molecule has 2 saturated heterocycles. The summed E-state index contributed by atoms with van der Waals surface area (Å²) in [5.41, 5.74) is 0.399. The number of halogens is 2. The number of hydrogen-bond acceptors (Lipinski definition) is 4. The van der Waals surface area contributed by atoms with Crippen molar-refractivity contribution in [2.45, 2.75) is 37.9 Å². The highest BCUT2D eigenvalue weighted by Crippen LogP contribution is 2.24. The van der Waals surface area contributed by atoms with Crippen molar-refractivity contribution in [2.24, 2.45) is 0 Å². The van der Waals surface area contributed by atoms with Gasteiger partial charge >= 0.3 is 0 Å². The Kier molecular flexibility index (Phi) is 5.26. The van der Waals surface area contributed by atoms with E-state index in [1.807, 2.05) is 0 Å². The van der Waals surface area contributed by atoms with Gasteiger partial charge in [-0.2, -0.15) is 0 Å². The fourth-order valence-corrected chi connectivity index (χ4v) is 5.78. The highest BCUT2D eigenvalue weighted by Gasteiger charge is 2.40. The van der Waals surface area contributed by atoms with Crippen LogP contribution in [0, 0.1) is 5.82 Å². The van der Waals surface area contributed by atoms with Gasteiger partial charge < -0.3 is 5.32 Å². The molecule has 2 fully saturated rings. The fourth-order valence-electron chi connectivity index (χ4n) is 3.57. The van der Waals surface area contributed by atoms with E-state index in [1.165, 1.54) is 12.5 Å². The molecular weight excluding hydrogens is 339 g/mol. The summed E-state index contributed by atoms with van der Waals surface area (Å²) in [6, 6.07) is 4.39. The zero-order chi connectivity index (χ0) is 16.4. The number of piperidine rings is 1. The molecule has 1 aromatic carbocycles. The van der Waals surface area contributed by atoms with Crippen LogP contribution in [0.3, 0.4) is 0 Å². The maximum atomic E-state index is 13.9. The molecule has 2 aliphatic heterocycles. The number of nitrogens with zero attached hydrogens (tertiary/aromatic N) is 1. The second-order valence-electron chi connectivity index (χ2n) is 6.43. The van der Waals surface area contributed by atoms with Gasteiger partial charge in [0.05, 0.1) is 11.5 Å². The van der Waals surface area contributed by atoms with Crippen LogP contribution in [0.4, 0.5) is 4.39 Å². The van der Waals surface area contributed by atoms with Crippen LogP contribution >= 0.6 is 11.6 Å². The highest BCUT2D eigenvalue weighted by molar-refractivity contribution is 7.91. The monoisotopic (exact) mass is 360 g/mol. The Balaban J connectivity index is 1.71. The van der Waals surface area contributed by atoms with Crippen molar-refractivity contribution in [3.63, 3.8) is 0 Å². The van der Waals surface area contributed by atoms with Gasteiger partial charge in [-0.05, 0) is 38.1 Å². The molecule has 128 valence electrons. The second kappa shape index (κ2) is 7.05. The predicted molar refractivity (Wildman–Crippen MR) is 89.9 cm³/mol. The molecular formula is C16H22ClFN2O2S. The van der Waals surface area contributed by atoms with Gasteiger partial charge in [-0.3, -0.25) is 4.90 Å². The van der Waals surface area contributed by atoms with E-state index in [1.54, 1.807) is 12.1 Å². The van der Waals surface area contributed by atoms with Crippen molar-refractivity contribution in [1.82, 2.24) is 10.2 Å². The van der Waals surface area contributed by atoms with E-state index in [2.05, 4.69) is 10.2 Å². The Bertz CT molecular complexity index is 642. The number of rotatable bonds is 4. The van der Waals surface area contributed by atoms with Crippen molar-refractivity contribution in [3.8, 4) is 0 Å².